The summed E-state index contributed by atoms with van der Waals surface area (Å²) in [5.41, 5.74) is 0. The Bertz CT molecular complexity index is 352. The van der Waals surface area contributed by atoms with Crippen molar-refractivity contribution in [2.24, 2.45) is 0 Å². The maximum atomic E-state index is 5.84. The van der Waals surface area contributed by atoms with Gasteiger partial charge < -0.3 is 14.2 Å². The maximum Gasteiger partial charge on any atom is 0.213 e. The second kappa shape index (κ2) is 4.63. The Morgan fingerprint density at radius 2 is 1.94 bits per heavy atom. The largest absolute Gasteiger partial charge is 0.474 e. The van der Waals surface area contributed by atoms with Gasteiger partial charge in [0.1, 0.15) is 6.10 Å². The molecule has 1 saturated carbocycles. The van der Waals surface area contributed by atoms with Crippen LogP contribution in [-0.4, -0.2) is 30.1 Å². The van der Waals surface area contributed by atoms with Gasteiger partial charge in [-0.05, 0) is 18.9 Å². The lowest BCUT2D eigenvalue weighted by atomic mass is 9.92. The fraction of sp³-hybridized carbons (Fsp3) is 0.615. The quantitative estimate of drug-likeness (QED) is 0.787. The van der Waals surface area contributed by atoms with Gasteiger partial charge in [0.15, 0.2) is 5.79 Å². The minimum absolute atomic E-state index is 0.239. The van der Waals surface area contributed by atoms with Crippen LogP contribution in [0.15, 0.2) is 24.4 Å². The average molecular weight is 235 g/mol. The molecule has 2 heterocycles. The highest BCUT2D eigenvalue weighted by Crippen LogP contribution is 2.36. The molecular formula is C13H17NO3. The lowest BCUT2D eigenvalue weighted by molar-refractivity contribution is -0.186. The molecule has 0 aromatic carbocycles. The number of hydrogen-bond donors (Lipinski definition) is 0. The molecule has 4 heteroatoms. The summed E-state index contributed by atoms with van der Waals surface area (Å²) in [4.78, 5) is 4.18. The van der Waals surface area contributed by atoms with E-state index in [9.17, 15) is 0 Å². The van der Waals surface area contributed by atoms with Crippen molar-refractivity contribution in [1.29, 1.82) is 0 Å². The fourth-order valence-electron chi connectivity index (χ4n) is 2.52. The molecule has 0 atom stereocenters. The predicted octanol–water partition coefficient (Wildman–Crippen LogP) is 2.15. The van der Waals surface area contributed by atoms with Crippen LogP contribution >= 0.6 is 0 Å². The Morgan fingerprint density at radius 3 is 2.59 bits per heavy atom. The third kappa shape index (κ3) is 2.42. The summed E-state index contributed by atoms with van der Waals surface area (Å²) < 4.78 is 17.2. The monoisotopic (exact) mass is 235 g/mol. The zero-order chi connectivity index (χ0) is 11.6. The van der Waals surface area contributed by atoms with Crippen LogP contribution in [0.25, 0.3) is 0 Å². The van der Waals surface area contributed by atoms with Crippen molar-refractivity contribution in [3.63, 3.8) is 0 Å². The SMILES string of the molecule is c1ccc(OC2CCC3(CC2)OCCO3)nc1. The van der Waals surface area contributed by atoms with Crippen molar-refractivity contribution in [2.75, 3.05) is 13.2 Å². The predicted molar refractivity (Wildman–Crippen MR) is 61.8 cm³/mol. The van der Waals surface area contributed by atoms with E-state index in [1.54, 1.807) is 6.20 Å². The number of aromatic nitrogens is 1. The summed E-state index contributed by atoms with van der Waals surface area (Å²) >= 11 is 0. The number of nitrogens with zero attached hydrogens (tertiary/aromatic N) is 1. The van der Waals surface area contributed by atoms with E-state index in [1.807, 2.05) is 18.2 Å². The third-order valence-corrected chi connectivity index (χ3v) is 3.43. The van der Waals surface area contributed by atoms with Crippen LogP contribution in [0, 0.1) is 0 Å². The van der Waals surface area contributed by atoms with Gasteiger partial charge in [-0.3, -0.25) is 0 Å². The number of pyridine rings is 1. The van der Waals surface area contributed by atoms with E-state index < -0.39 is 0 Å². The topological polar surface area (TPSA) is 40.6 Å². The van der Waals surface area contributed by atoms with Crippen molar-refractivity contribution in [1.82, 2.24) is 4.98 Å². The highest BCUT2D eigenvalue weighted by Gasteiger charge is 2.40. The first kappa shape index (κ1) is 11.0. The number of hydrogen-bond acceptors (Lipinski definition) is 4. The molecular weight excluding hydrogens is 218 g/mol. The summed E-state index contributed by atoms with van der Waals surface area (Å²) in [7, 11) is 0. The molecule has 1 aliphatic carbocycles. The molecule has 2 fully saturated rings. The Labute approximate surface area is 101 Å². The average Bonchev–Trinajstić information content (AvgIpc) is 2.83. The molecule has 4 nitrogen and oxygen atoms in total. The molecule has 1 saturated heterocycles. The van der Waals surface area contributed by atoms with Crippen LogP contribution in [-0.2, 0) is 9.47 Å². The fourth-order valence-corrected chi connectivity index (χ4v) is 2.52. The normalized spacial score (nSPS) is 24.0. The molecule has 1 aromatic heterocycles. The molecule has 0 bridgehead atoms. The number of rotatable bonds is 2. The summed E-state index contributed by atoms with van der Waals surface area (Å²) in [6.07, 6.45) is 5.77. The van der Waals surface area contributed by atoms with E-state index in [4.69, 9.17) is 14.2 Å². The molecule has 0 N–H and O–H groups in total. The van der Waals surface area contributed by atoms with Crippen LogP contribution in [0.4, 0.5) is 0 Å². The van der Waals surface area contributed by atoms with Gasteiger partial charge in [0.05, 0.1) is 13.2 Å². The molecule has 0 unspecified atom stereocenters. The molecule has 1 aliphatic heterocycles. The molecule has 1 aromatic rings. The second-order valence-corrected chi connectivity index (χ2v) is 4.59. The number of ether oxygens (including phenoxy) is 3. The van der Waals surface area contributed by atoms with Crippen LogP contribution in [0.5, 0.6) is 5.88 Å². The summed E-state index contributed by atoms with van der Waals surface area (Å²) in [6, 6.07) is 5.73. The lowest BCUT2D eigenvalue weighted by Gasteiger charge is -2.35. The van der Waals surface area contributed by atoms with Gasteiger partial charge in [-0.15, -0.1) is 0 Å². The summed E-state index contributed by atoms with van der Waals surface area (Å²) in [6.45, 7) is 1.46. The van der Waals surface area contributed by atoms with Gasteiger partial charge >= 0.3 is 0 Å². The van der Waals surface area contributed by atoms with E-state index >= 15 is 0 Å². The van der Waals surface area contributed by atoms with E-state index in [-0.39, 0.29) is 11.9 Å². The van der Waals surface area contributed by atoms with Crippen molar-refractivity contribution in [3.05, 3.63) is 24.4 Å². The van der Waals surface area contributed by atoms with Crippen LogP contribution in [0.2, 0.25) is 0 Å². The molecule has 1 spiro atoms. The first-order valence-electron chi connectivity index (χ1n) is 6.22. The Kier molecular flexibility index (Phi) is 2.99. The molecule has 0 amide bonds. The Hall–Kier alpha value is -1.13. The van der Waals surface area contributed by atoms with Gasteiger partial charge in [-0.25, -0.2) is 4.98 Å². The van der Waals surface area contributed by atoms with Crippen molar-refractivity contribution in [2.45, 2.75) is 37.6 Å². The first-order chi connectivity index (χ1) is 8.36. The molecule has 2 aliphatic rings. The molecule has 92 valence electrons. The third-order valence-electron chi connectivity index (χ3n) is 3.43. The van der Waals surface area contributed by atoms with Gasteiger partial charge in [0.2, 0.25) is 5.88 Å². The van der Waals surface area contributed by atoms with Gasteiger partial charge in [-0.1, -0.05) is 6.07 Å². The smallest absolute Gasteiger partial charge is 0.213 e. The van der Waals surface area contributed by atoms with E-state index in [2.05, 4.69) is 4.98 Å². The van der Waals surface area contributed by atoms with E-state index in [0.717, 1.165) is 38.9 Å². The van der Waals surface area contributed by atoms with E-state index in [0.29, 0.717) is 5.88 Å². The zero-order valence-corrected chi connectivity index (χ0v) is 9.80. The van der Waals surface area contributed by atoms with Crippen LogP contribution < -0.4 is 4.74 Å². The van der Waals surface area contributed by atoms with E-state index in [1.165, 1.54) is 0 Å². The lowest BCUT2D eigenvalue weighted by Crippen LogP contribution is -2.38. The summed E-state index contributed by atoms with van der Waals surface area (Å²) in [5.74, 6) is 0.408. The van der Waals surface area contributed by atoms with Gasteiger partial charge in [0, 0.05) is 25.1 Å². The minimum Gasteiger partial charge on any atom is -0.474 e. The zero-order valence-electron chi connectivity index (χ0n) is 9.80. The Morgan fingerprint density at radius 1 is 1.18 bits per heavy atom. The summed E-state index contributed by atoms with van der Waals surface area (Å²) in [5, 5.41) is 0. The van der Waals surface area contributed by atoms with Crippen molar-refractivity contribution in [3.8, 4) is 5.88 Å². The van der Waals surface area contributed by atoms with Gasteiger partial charge in [-0.2, -0.15) is 0 Å². The van der Waals surface area contributed by atoms with Crippen molar-refractivity contribution >= 4 is 0 Å². The van der Waals surface area contributed by atoms with Crippen LogP contribution in [0.1, 0.15) is 25.7 Å². The van der Waals surface area contributed by atoms with Crippen molar-refractivity contribution < 1.29 is 14.2 Å². The Balaban J connectivity index is 1.55. The minimum atomic E-state index is -0.302. The molecule has 3 rings (SSSR count). The van der Waals surface area contributed by atoms with Gasteiger partial charge in [0.25, 0.3) is 0 Å². The highest BCUT2D eigenvalue weighted by atomic mass is 16.7. The highest BCUT2D eigenvalue weighted by molar-refractivity contribution is 5.09. The first-order valence-corrected chi connectivity index (χ1v) is 6.22. The molecule has 0 radical (unpaired) electrons. The standard InChI is InChI=1S/C13H17NO3/c1-2-8-14-12(3-1)17-11-4-6-13(7-5-11)15-9-10-16-13/h1-3,8,11H,4-7,9-10H2. The second-order valence-electron chi connectivity index (χ2n) is 4.59. The molecule has 17 heavy (non-hydrogen) atoms. The maximum absolute atomic E-state index is 5.84. The van der Waals surface area contributed by atoms with Crippen LogP contribution in [0.3, 0.4) is 0 Å².